The Morgan fingerprint density at radius 2 is 1.63 bits per heavy atom. The molecule has 0 unspecified atom stereocenters. The van der Waals surface area contributed by atoms with Gasteiger partial charge in [0.1, 0.15) is 11.5 Å². The minimum Gasteiger partial charge on any atom is -0.496 e. The number of methoxy groups -OCH3 is 2. The van der Waals surface area contributed by atoms with Gasteiger partial charge < -0.3 is 9.47 Å². The maximum absolute atomic E-state index is 5.55. The molecule has 0 aliphatic heterocycles. The van der Waals surface area contributed by atoms with Crippen LogP contribution in [0.2, 0.25) is 0 Å². The van der Waals surface area contributed by atoms with Crippen molar-refractivity contribution < 1.29 is 9.47 Å². The Labute approximate surface area is 160 Å². The lowest BCUT2D eigenvalue weighted by Gasteiger charge is -2.14. The van der Waals surface area contributed by atoms with Gasteiger partial charge in [0, 0.05) is 19.0 Å². The Kier molecular flexibility index (Phi) is 6.41. The molecular formula is C21H26N4O2. The Morgan fingerprint density at radius 3 is 2.33 bits per heavy atom. The molecule has 2 aromatic carbocycles. The molecule has 1 heterocycles. The van der Waals surface area contributed by atoms with E-state index in [1.165, 1.54) is 11.1 Å². The highest BCUT2D eigenvalue weighted by Gasteiger charge is 2.13. The molecule has 3 aromatic rings. The molecule has 1 aromatic heterocycles. The molecule has 0 aliphatic carbocycles. The van der Waals surface area contributed by atoms with Crippen molar-refractivity contribution in [2.24, 2.45) is 0 Å². The molecule has 0 spiro atoms. The average molecular weight is 366 g/mol. The molecule has 0 N–H and O–H groups in total. The number of rotatable bonds is 9. The van der Waals surface area contributed by atoms with E-state index in [9.17, 15) is 0 Å². The first kappa shape index (κ1) is 18.9. The molecule has 0 saturated heterocycles. The van der Waals surface area contributed by atoms with E-state index in [1.807, 2.05) is 16.8 Å². The van der Waals surface area contributed by atoms with Crippen LogP contribution in [-0.2, 0) is 32.2 Å². The van der Waals surface area contributed by atoms with Gasteiger partial charge in [-0.3, -0.25) is 0 Å². The van der Waals surface area contributed by atoms with Crippen molar-refractivity contribution in [1.82, 2.24) is 20.2 Å². The third-order valence-corrected chi connectivity index (χ3v) is 4.74. The predicted octanol–water partition coefficient (Wildman–Crippen LogP) is 3.28. The number of aryl methyl sites for hydroxylation is 5. The Bertz CT molecular complexity index is 862. The van der Waals surface area contributed by atoms with E-state index in [0.29, 0.717) is 0 Å². The molecule has 0 saturated carbocycles. The van der Waals surface area contributed by atoms with Crippen LogP contribution in [0.5, 0.6) is 11.5 Å². The molecule has 3 rings (SSSR count). The topological polar surface area (TPSA) is 62.1 Å². The summed E-state index contributed by atoms with van der Waals surface area (Å²) in [6, 6.07) is 14.5. The van der Waals surface area contributed by atoms with Crippen molar-refractivity contribution in [1.29, 1.82) is 0 Å². The highest BCUT2D eigenvalue weighted by Crippen LogP contribution is 2.30. The molecule has 6 nitrogen and oxygen atoms in total. The van der Waals surface area contributed by atoms with Gasteiger partial charge in [-0.1, -0.05) is 37.3 Å². The summed E-state index contributed by atoms with van der Waals surface area (Å²) < 4.78 is 12.9. The third kappa shape index (κ3) is 4.64. The van der Waals surface area contributed by atoms with Crippen molar-refractivity contribution in [2.45, 2.75) is 39.2 Å². The molecule has 27 heavy (non-hydrogen) atoms. The number of tetrazole rings is 1. The van der Waals surface area contributed by atoms with Crippen molar-refractivity contribution in [3.8, 4) is 11.5 Å². The Balaban J connectivity index is 1.69. The average Bonchev–Trinajstić information content (AvgIpc) is 3.18. The van der Waals surface area contributed by atoms with E-state index < -0.39 is 0 Å². The summed E-state index contributed by atoms with van der Waals surface area (Å²) in [6.45, 7) is 2.89. The van der Waals surface area contributed by atoms with Gasteiger partial charge in [-0.2, -0.15) is 0 Å². The lowest BCUT2D eigenvalue weighted by molar-refractivity contribution is 0.388. The zero-order valence-corrected chi connectivity index (χ0v) is 16.2. The fourth-order valence-corrected chi connectivity index (χ4v) is 3.21. The van der Waals surface area contributed by atoms with Gasteiger partial charge in [-0.25, -0.2) is 4.68 Å². The summed E-state index contributed by atoms with van der Waals surface area (Å²) in [5.41, 5.74) is 3.60. The monoisotopic (exact) mass is 366 g/mol. The SMILES string of the molecule is CCc1cc(CCc2nnnn2CCc2ccccc2)c(OC)cc1OC. The summed E-state index contributed by atoms with van der Waals surface area (Å²) in [6.07, 6.45) is 3.39. The van der Waals surface area contributed by atoms with E-state index in [2.05, 4.69) is 52.8 Å². The number of benzene rings is 2. The van der Waals surface area contributed by atoms with Crippen molar-refractivity contribution in [2.75, 3.05) is 14.2 Å². The maximum Gasteiger partial charge on any atom is 0.151 e. The fourth-order valence-electron chi connectivity index (χ4n) is 3.21. The largest absolute Gasteiger partial charge is 0.496 e. The summed E-state index contributed by atoms with van der Waals surface area (Å²) >= 11 is 0. The summed E-state index contributed by atoms with van der Waals surface area (Å²) in [5.74, 6) is 2.60. The molecular weight excluding hydrogens is 340 g/mol. The van der Waals surface area contributed by atoms with Gasteiger partial charge in [-0.15, -0.1) is 5.10 Å². The van der Waals surface area contributed by atoms with Crippen LogP contribution in [0.3, 0.4) is 0 Å². The second kappa shape index (κ2) is 9.16. The minimum absolute atomic E-state index is 0.758. The van der Waals surface area contributed by atoms with Crippen LogP contribution in [0.15, 0.2) is 42.5 Å². The molecule has 0 atom stereocenters. The van der Waals surface area contributed by atoms with Crippen molar-refractivity contribution in [3.05, 3.63) is 65.0 Å². The standard InChI is InChI=1S/C21H26N4O2/c1-4-17-14-18(20(27-3)15-19(17)26-2)10-11-21-22-23-24-25(21)13-12-16-8-6-5-7-9-16/h5-9,14-15H,4,10-13H2,1-3H3. The third-order valence-electron chi connectivity index (χ3n) is 4.74. The van der Waals surface area contributed by atoms with Crippen LogP contribution in [0, 0.1) is 0 Å². The van der Waals surface area contributed by atoms with Crippen molar-refractivity contribution in [3.63, 3.8) is 0 Å². The number of hydrogen-bond acceptors (Lipinski definition) is 5. The van der Waals surface area contributed by atoms with Gasteiger partial charge in [0.05, 0.1) is 14.2 Å². The van der Waals surface area contributed by atoms with Crippen LogP contribution in [0.25, 0.3) is 0 Å². The number of ether oxygens (including phenoxy) is 2. The van der Waals surface area contributed by atoms with Crippen molar-refractivity contribution >= 4 is 0 Å². The molecule has 142 valence electrons. The second-order valence-electron chi connectivity index (χ2n) is 6.38. The first-order valence-electron chi connectivity index (χ1n) is 9.27. The van der Waals surface area contributed by atoms with E-state index in [-0.39, 0.29) is 0 Å². The van der Waals surface area contributed by atoms with Gasteiger partial charge in [0.2, 0.25) is 0 Å². The second-order valence-corrected chi connectivity index (χ2v) is 6.38. The number of hydrogen-bond donors (Lipinski definition) is 0. The minimum atomic E-state index is 0.758. The van der Waals surface area contributed by atoms with Crippen LogP contribution >= 0.6 is 0 Å². The smallest absolute Gasteiger partial charge is 0.151 e. The molecule has 0 amide bonds. The number of aromatic nitrogens is 4. The van der Waals surface area contributed by atoms with Crippen LogP contribution < -0.4 is 9.47 Å². The maximum atomic E-state index is 5.55. The van der Waals surface area contributed by atoms with Crippen LogP contribution in [0.1, 0.15) is 29.4 Å². The van der Waals surface area contributed by atoms with Gasteiger partial charge >= 0.3 is 0 Å². The molecule has 0 bridgehead atoms. The number of nitrogens with zero attached hydrogens (tertiary/aromatic N) is 4. The lowest BCUT2D eigenvalue weighted by atomic mass is 10.0. The lowest BCUT2D eigenvalue weighted by Crippen LogP contribution is -2.09. The molecule has 0 aliphatic rings. The molecule has 0 fully saturated rings. The Morgan fingerprint density at radius 1 is 0.889 bits per heavy atom. The van der Waals surface area contributed by atoms with Gasteiger partial charge in [0.25, 0.3) is 0 Å². The van der Waals surface area contributed by atoms with E-state index in [4.69, 9.17) is 9.47 Å². The molecule has 0 radical (unpaired) electrons. The van der Waals surface area contributed by atoms with Crippen LogP contribution in [0.4, 0.5) is 0 Å². The summed E-state index contributed by atoms with van der Waals surface area (Å²) in [4.78, 5) is 0. The predicted molar refractivity (Wildman–Crippen MR) is 104 cm³/mol. The van der Waals surface area contributed by atoms with E-state index in [0.717, 1.165) is 55.1 Å². The first-order chi connectivity index (χ1) is 13.2. The van der Waals surface area contributed by atoms with Crippen LogP contribution in [-0.4, -0.2) is 34.4 Å². The summed E-state index contributed by atoms with van der Waals surface area (Å²) in [7, 11) is 3.38. The van der Waals surface area contributed by atoms with E-state index >= 15 is 0 Å². The summed E-state index contributed by atoms with van der Waals surface area (Å²) in [5, 5.41) is 12.2. The zero-order valence-electron chi connectivity index (χ0n) is 16.2. The van der Waals surface area contributed by atoms with Gasteiger partial charge in [0.15, 0.2) is 5.82 Å². The first-order valence-corrected chi connectivity index (χ1v) is 9.27. The highest BCUT2D eigenvalue weighted by molar-refractivity contribution is 5.47. The molecule has 6 heteroatoms. The fraction of sp³-hybridized carbons (Fsp3) is 0.381. The highest BCUT2D eigenvalue weighted by atomic mass is 16.5. The normalized spacial score (nSPS) is 10.8. The zero-order chi connectivity index (χ0) is 19.1. The van der Waals surface area contributed by atoms with Gasteiger partial charge in [-0.05, 0) is 52.4 Å². The Hall–Kier alpha value is -2.89. The van der Waals surface area contributed by atoms with E-state index in [1.54, 1.807) is 14.2 Å². The quantitative estimate of drug-likeness (QED) is 0.582.